The second-order valence-electron chi connectivity index (χ2n) is 3.94. The topological polar surface area (TPSA) is 88.8 Å². The van der Waals surface area contributed by atoms with Crippen LogP contribution in [-0.2, 0) is 9.84 Å². The van der Waals surface area contributed by atoms with Gasteiger partial charge in [0.2, 0.25) is 0 Å². The van der Waals surface area contributed by atoms with Crippen molar-refractivity contribution in [2.24, 2.45) is 5.73 Å². The molecule has 2 rings (SSSR count). The molecule has 7 heteroatoms. The first kappa shape index (κ1) is 13.3. The molecule has 18 heavy (non-hydrogen) atoms. The highest BCUT2D eigenvalue weighted by atomic mass is 79.9. The Hall–Kier alpha value is -1.18. The fourth-order valence-corrected chi connectivity index (χ4v) is 2.49. The average molecular weight is 330 g/mol. The number of nitrogens with two attached hydrogens (primary N) is 1. The molecule has 2 aromatic rings. The number of hydrogen-bond acceptors (Lipinski definition) is 4. The van der Waals surface area contributed by atoms with Crippen molar-refractivity contribution < 1.29 is 8.42 Å². The zero-order chi connectivity index (χ0) is 13.3. The van der Waals surface area contributed by atoms with Crippen LogP contribution in [0.15, 0.2) is 40.0 Å². The summed E-state index contributed by atoms with van der Waals surface area (Å²) in [4.78, 5) is 7.38. The van der Waals surface area contributed by atoms with E-state index in [1.807, 2.05) is 0 Å². The van der Waals surface area contributed by atoms with E-state index in [0.717, 1.165) is 10.2 Å². The van der Waals surface area contributed by atoms with Crippen molar-refractivity contribution in [1.82, 2.24) is 9.97 Å². The van der Waals surface area contributed by atoms with Gasteiger partial charge in [0.05, 0.1) is 17.1 Å². The molecule has 1 heterocycles. The number of rotatable bonds is 3. The Labute approximate surface area is 113 Å². The average Bonchev–Trinajstić information content (AvgIpc) is 2.74. The molecule has 1 unspecified atom stereocenters. The first-order valence-electron chi connectivity index (χ1n) is 5.14. The van der Waals surface area contributed by atoms with Crippen LogP contribution >= 0.6 is 15.9 Å². The summed E-state index contributed by atoms with van der Waals surface area (Å²) in [6.07, 6.45) is 2.80. The Morgan fingerprint density at radius 3 is 2.39 bits per heavy atom. The van der Waals surface area contributed by atoms with Crippen molar-refractivity contribution in [2.45, 2.75) is 10.9 Å². The molecule has 0 saturated heterocycles. The zero-order valence-electron chi connectivity index (χ0n) is 9.59. The number of aromatic amines is 1. The molecule has 3 N–H and O–H groups in total. The summed E-state index contributed by atoms with van der Waals surface area (Å²) in [5.41, 5.74) is 6.82. The first-order valence-corrected chi connectivity index (χ1v) is 7.82. The molecular weight excluding hydrogens is 318 g/mol. The third-order valence-electron chi connectivity index (χ3n) is 2.53. The molecule has 0 aliphatic carbocycles. The molecule has 0 bridgehead atoms. The van der Waals surface area contributed by atoms with Crippen molar-refractivity contribution in [2.75, 3.05) is 6.26 Å². The highest BCUT2D eigenvalue weighted by Gasteiger charge is 2.13. The number of sulfone groups is 1. The van der Waals surface area contributed by atoms with Gasteiger partial charge in [-0.05, 0) is 33.6 Å². The summed E-state index contributed by atoms with van der Waals surface area (Å²) in [5.74, 6) is 0.619. The molecule has 0 radical (unpaired) electrons. The number of nitrogens with zero attached hydrogens (tertiary/aromatic N) is 1. The maximum Gasteiger partial charge on any atom is 0.175 e. The largest absolute Gasteiger partial charge is 0.335 e. The standard InChI is InChI=1S/C11H12BrN3O2S/c1-18(16,17)8-4-2-7(3-5-8)10(13)11-14-6-9(12)15-11/h2-6,10H,13H2,1H3,(H,14,15). The third-order valence-corrected chi connectivity index (χ3v) is 4.06. The smallest absolute Gasteiger partial charge is 0.175 e. The number of hydrogen-bond donors (Lipinski definition) is 2. The minimum absolute atomic E-state index is 0.277. The lowest BCUT2D eigenvalue weighted by atomic mass is 10.1. The molecule has 0 fully saturated rings. The Morgan fingerprint density at radius 1 is 1.33 bits per heavy atom. The van der Waals surface area contributed by atoms with Crippen molar-refractivity contribution in [1.29, 1.82) is 0 Å². The molecule has 0 aliphatic heterocycles. The summed E-state index contributed by atoms with van der Waals surface area (Å²) in [6.45, 7) is 0. The molecule has 1 aromatic carbocycles. The summed E-state index contributed by atoms with van der Waals surface area (Å²) < 4.78 is 23.4. The van der Waals surface area contributed by atoms with E-state index in [1.54, 1.807) is 30.5 Å². The number of benzene rings is 1. The lowest BCUT2D eigenvalue weighted by molar-refractivity contribution is 0.602. The second kappa shape index (κ2) is 4.83. The van der Waals surface area contributed by atoms with E-state index in [0.29, 0.717) is 5.82 Å². The van der Waals surface area contributed by atoms with Gasteiger partial charge in [0.15, 0.2) is 9.84 Å². The number of halogens is 1. The number of H-pyrrole nitrogens is 1. The molecule has 0 saturated carbocycles. The van der Waals surface area contributed by atoms with Crippen LogP contribution in [0.2, 0.25) is 0 Å². The maximum absolute atomic E-state index is 11.3. The minimum Gasteiger partial charge on any atom is -0.335 e. The summed E-state index contributed by atoms with van der Waals surface area (Å²) in [5, 5.41) is 0. The van der Waals surface area contributed by atoms with Crippen LogP contribution in [0.25, 0.3) is 0 Å². The second-order valence-corrected chi connectivity index (χ2v) is 6.81. The van der Waals surface area contributed by atoms with Crippen LogP contribution in [0.1, 0.15) is 17.4 Å². The number of nitrogens with one attached hydrogen (secondary N) is 1. The van der Waals surface area contributed by atoms with E-state index in [1.165, 1.54) is 6.26 Å². The van der Waals surface area contributed by atoms with Crippen molar-refractivity contribution in [3.63, 3.8) is 0 Å². The minimum atomic E-state index is -3.18. The van der Waals surface area contributed by atoms with Crippen molar-refractivity contribution in [3.05, 3.63) is 46.5 Å². The normalized spacial score (nSPS) is 13.5. The van der Waals surface area contributed by atoms with E-state index < -0.39 is 15.9 Å². The molecule has 96 valence electrons. The van der Waals surface area contributed by atoms with E-state index >= 15 is 0 Å². The van der Waals surface area contributed by atoms with Crippen molar-refractivity contribution >= 4 is 25.8 Å². The SMILES string of the molecule is CS(=O)(=O)c1ccc(C(N)c2ncc(Br)[nH]2)cc1. The van der Waals surface area contributed by atoms with E-state index in [-0.39, 0.29) is 4.90 Å². The Bertz CT molecular complexity index is 649. The lowest BCUT2D eigenvalue weighted by Gasteiger charge is -2.09. The summed E-state index contributed by atoms with van der Waals surface area (Å²) in [6, 6.07) is 6.06. The number of imidazole rings is 1. The van der Waals surface area contributed by atoms with Crippen LogP contribution in [0.5, 0.6) is 0 Å². The first-order chi connectivity index (χ1) is 8.38. The quantitative estimate of drug-likeness (QED) is 0.895. The highest BCUT2D eigenvalue weighted by molar-refractivity contribution is 9.10. The molecule has 0 aliphatic rings. The lowest BCUT2D eigenvalue weighted by Crippen LogP contribution is -2.13. The molecular formula is C11H12BrN3O2S. The highest BCUT2D eigenvalue weighted by Crippen LogP contribution is 2.20. The van der Waals surface area contributed by atoms with Gasteiger partial charge in [-0.25, -0.2) is 13.4 Å². The van der Waals surface area contributed by atoms with Gasteiger partial charge in [-0.15, -0.1) is 0 Å². The van der Waals surface area contributed by atoms with Gasteiger partial charge in [-0.1, -0.05) is 12.1 Å². The fourth-order valence-electron chi connectivity index (χ4n) is 1.55. The summed E-state index contributed by atoms with van der Waals surface area (Å²) >= 11 is 3.26. The van der Waals surface area contributed by atoms with Crippen LogP contribution in [0.4, 0.5) is 0 Å². The van der Waals surface area contributed by atoms with Gasteiger partial charge in [-0.2, -0.15) is 0 Å². The Balaban J connectivity index is 2.30. The van der Waals surface area contributed by atoms with Gasteiger partial charge in [0.25, 0.3) is 0 Å². The van der Waals surface area contributed by atoms with Gasteiger partial charge in [-0.3, -0.25) is 0 Å². The van der Waals surface area contributed by atoms with Gasteiger partial charge < -0.3 is 10.7 Å². The zero-order valence-corrected chi connectivity index (χ0v) is 12.0. The Morgan fingerprint density at radius 2 is 1.94 bits per heavy atom. The van der Waals surface area contributed by atoms with Crippen LogP contribution < -0.4 is 5.73 Å². The van der Waals surface area contributed by atoms with E-state index in [2.05, 4.69) is 25.9 Å². The maximum atomic E-state index is 11.3. The molecule has 1 atom stereocenters. The molecule has 0 spiro atoms. The molecule has 5 nitrogen and oxygen atoms in total. The van der Waals surface area contributed by atoms with Gasteiger partial charge >= 0.3 is 0 Å². The van der Waals surface area contributed by atoms with E-state index in [4.69, 9.17) is 5.73 Å². The van der Waals surface area contributed by atoms with Gasteiger partial charge in [0.1, 0.15) is 10.4 Å². The van der Waals surface area contributed by atoms with E-state index in [9.17, 15) is 8.42 Å². The van der Waals surface area contributed by atoms with Crippen molar-refractivity contribution in [3.8, 4) is 0 Å². The third kappa shape index (κ3) is 2.80. The monoisotopic (exact) mass is 329 g/mol. The predicted molar refractivity (Wildman–Crippen MR) is 71.9 cm³/mol. The van der Waals surface area contributed by atoms with Crippen LogP contribution in [0.3, 0.4) is 0 Å². The fraction of sp³-hybridized carbons (Fsp3) is 0.182. The van der Waals surface area contributed by atoms with Crippen LogP contribution in [0, 0.1) is 0 Å². The number of aromatic nitrogens is 2. The Kier molecular flexibility index (Phi) is 3.56. The molecule has 1 aromatic heterocycles. The van der Waals surface area contributed by atoms with Crippen LogP contribution in [-0.4, -0.2) is 24.6 Å². The summed E-state index contributed by atoms with van der Waals surface area (Å²) in [7, 11) is -3.18. The van der Waals surface area contributed by atoms with Gasteiger partial charge in [0, 0.05) is 6.26 Å². The molecule has 0 amide bonds. The predicted octanol–water partition coefficient (Wildman–Crippen LogP) is 1.62.